The summed E-state index contributed by atoms with van der Waals surface area (Å²) in [5.41, 5.74) is 2.15. The quantitative estimate of drug-likeness (QED) is 0.416. The number of hydrogen-bond donors (Lipinski definition) is 0. The molecule has 2 aromatic carbocycles. The number of rotatable bonds is 5. The Bertz CT molecular complexity index is 1240. The van der Waals surface area contributed by atoms with Crippen LogP contribution in [-0.2, 0) is 16.1 Å². The number of piperazine rings is 1. The summed E-state index contributed by atoms with van der Waals surface area (Å²) in [7, 11) is 0. The van der Waals surface area contributed by atoms with Gasteiger partial charge in [-0.3, -0.25) is 14.4 Å². The minimum atomic E-state index is -0.528. The van der Waals surface area contributed by atoms with Gasteiger partial charge in [-0.2, -0.15) is 0 Å². The minimum absolute atomic E-state index is 0.0423. The number of amides is 2. The maximum atomic E-state index is 13.3. The van der Waals surface area contributed by atoms with Crippen molar-refractivity contribution in [1.82, 2.24) is 14.4 Å². The highest BCUT2D eigenvalue weighted by molar-refractivity contribution is 6.45. The molecule has 3 aromatic rings. The van der Waals surface area contributed by atoms with E-state index >= 15 is 0 Å². The highest BCUT2D eigenvalue weighted by Gasteiger charge is 2.29. The smallest absolute Gasteiger partial charge is 0.295 e. The minimum Gasteiger partial charge on any atom is -0.368 e. The molecular formula is C26H27ClN4O3. The van der Waals surface area contributed by atoms with Crippen LogP contribution in [0.25, 0.3) is 10.9 Å². The lowest BCUT2D eigenvalue weighted by Crippen LogP contribution is -2.50. The van der Waals surface area contributed by atoms with Gasteiger partial charge in [0.05, 0.1) is 5.56 Å². The molecule has 8 heteroatoms. The molecular weight excluding hydrogens is 452 g/mol. The van der Waals surface area contributed by atoms with Gasteiger partial charge in [0.25, 0.3) is 11.7 Å². The van der Waals surface area contributed by atoms with E-state index in [0.717, 1.165) is 37.1 Å². The summed E-state index contributed by atoms with van der Waals surface area (Å²) in [6.07, 6.45) is 3.73. The van der Waals surface area contributed by atoms with E-state index in [1.807, 2.05) is 53.4 Å². The van der Waals surface area contributed by atoms with Crippen molar-refractivity contribution < 1.29 is 14.4 Å². The summed E-state index contributed by atoms with van der Waals surface area (Å²) in [5.74, 6) is -0.986. The Morgan fingerprint density at radius 1 is 0.824 bits per heavy atom. The molecule has 0 bridgehead atoms. The van der Waals surface area contributed by atoms with E-state index in [0.29, 0.717) is 42.2 Å². The van der Waals surface area contributed by atoms with Crippen LogP contribution >= 0.6 is 11.6 Å². The van der Waals surface area contributed by atoms with Crippen LogP contribution in [0.1, 0.15) is 23.2 Å². The Balaban J connectivity index is 1.31. The summed E-state index contributed by atoms with van der Waals surface area (Å²) in [5, 5.41) is 1.37. The maximum Gasteiger partial charge on any atom is 0.295 e. The van der Waals surface area contributed by atoms with Crippen LogP contribution in [0.4, 0.5) is 5.69 Å². The van der Waals surface area contributed by atoms with Crippen LogP contribution in [0.15, 0.2) is 54.7 Å². The number of aromatic nitrogens is 1. The number of anilines is 1. The van der Waals surface area contributed by atoms with Crippen molar-refractivity contribution in [2.75, 3.05) is 44.2 Å². The molecule has 176 valence electrons. The second kappa shape index (κ2) is 9.50. The van der Waals surface area contributed by atoms with Gasteiger partial charge in [-0.1, -0.05) is 35.9 Å². The molecule has 1 aromatic heterocycles. The van der Waals surface area contributed by atoms with Gasteiger partial charge in [-0.15, -0.1) is 0 Å². The molecule has 2 amide bonds. The lowest BCUT2D eigenvalue weighted by Gasteiger charge is -2.35. The Morgan fingerprint density at radius 3 is 2.29 bits per heavy atom. The van der Waals surface area contributed by atoms with E-state index in [1.54, 1.807) is 15.7 Å². The van der Waals surface area contributed by atoms with Crippen LogP contribution < -0.4 is 4.90 Å². The molecule has 2 aliphatic rings. The molecule has 0 aliphatic carbocycles. The molecule has 7 nitrogen and oxygen atoms in total. The van der Waals surface area contributed by atoms with Crippen LogP contribution in [0, 0.1) is 0 Å². The molecule has 2 fully saturated rings. The lowest BCUT2D eigenvalue weighted by molar-refractivity contribution is -0.130. The highest BCUT2D eigenvalue weighted by atomic mass is 35.5. The zero-order valence-corrected chi connectivity index (χ0v) is 19.7. The number of halogens is 1. The van der Waals surface area contributed by atoms with Gasteiger partial charge >= 0.3 is 0 Å². The van der Waals surface area contributed by atoms with Gasteiger partial charge in [0.2, 0.25) is 5.91 Å². The first-order valence-electron chi connectivity index (χ1n) is 11.7. The van der Waals surface area contributed by atoms with E-state index in [2.05, 4.69) is 4.90 Å². The number of ketones is 1. The van der Waals surface area contributed by atoms with E-state index in [4.69, 9.17) is 11.6 Å². The second-order valence-electron chi connectivity index (χ2n) is 8.86. The summed E-state index contributed by atoms with van der Waals surface area (Å²) in [6.45, 7) is 3.91. The zero-order chi connectivity index (χ0) is 23.7. The molecule has 3 heterocycles. The summed E-state index contributed by atoms with van der Waals surface area (Å²) >= 11 is 6.11. The second-order valence-corrected chi connectivity index (χ2v) is 9.30. The number of fused-ring (bicyclic) bond motifs is 1. The topological polar surface area (TPSA) is 65.9 Å². The summed E-state index contributed by atoms with van der Waals surface area (Å²) in [6, 6.07) is 15.1. The number of nitrogens with zero attached hydrogens (tertiary/aromatic N) is 4. The van der Waals surface area contributed by atoms with Crippen molar-refractivity contribution in [3.63, 3.8) is 0 Å². The molecule has 0 saturated carbocycles. The molecule has 0 atom stereocenters. The highest BCUT2D eigenvalue weighted by Crippen LogP contribution is 2.24. The monoisotopic (exact) mass is 478 g/mol. The predicted molar refractivity (Wildman–Crippen MR) is 132 cm³/mol. The average Bonchev–Trinajstić information content (AvgIpc) is 3.52. The fraction of sp³-hybridized carbons (Fsp3) is 0.346. The molecule has 5 rings (SSSR count). The number of carbonyl (C=O) groups excluding carboxylic acids is 3. The Labute approximate surface area is 203 Å². The molecule has 0 unspecified atom stereocenters. The first-order valence-corrected chi connectivity index (χ1v) is 12.1. The average molecular weight is 479 g/mol. The van der Waals surface area contributed by atoms with Crippen molar-refractivity contribution >= 4 is 45.8 Å². The molecule has 2 saturated heterocycles. The summed E-state index contributed by atoms with van der Waals surface area (Å²) < 4.78 is 1.80. The number of Topliss-reactive ketones (excluding diaryl/α,β-unsaturated/α-hetero) is 1. The first kappa shape index (κ1) is 22.5. The van der Waals surface area contributed by atoms with Gasteiger partial charge in [-0.05, 0) is 37.1 Å². The van der Waals surface area contributed by atoms with E-state index < -0.39 is 11.7 Å². The van der Waals surface area contributed by atoms with E-state index in [-0.39, 0.29) is 12.5 Å². The fourth-order valence-electron chi connectivity index (χ4n) is 4.87. The fourth-order valence-corrected chi connectivity index (χ4v) is 5.05. The third-order valence-corrected chi connectivity index (χ3v) is 6.97. The lowest BCUT2D eigenvalue weighted by atomic mass is 10.1. The zero-order valence-electron chi connectivity index (χ0n) is 19.0. The Morgan fingerprint density at radius 2 is 1.56 bits per heavy atom. The largest absolute Gasteiger partial charge is 0.368 e. The van der Waals surface area contributed by atoms with Crippen LogP contribution in [0.2, 0.25) is 5.02 Å². The maximum absolute atomic E-state index is 13.3. The Hall–Kier alpha value is -3.32. The third kappa shape index (κ3) is 4.40. The number of para-hydroxylation sites is 1. The van der Waals surface area contributed by atoms with Crippen LogP contribution in [0.5, 0.6) is 0 Å². The molecule has 0 spiro atoms. The van der Waals surface area contributed by atoms with Crippen molar-refractivity contribution in [2.45, 2.75) is 19.4 Å². The van der Waals surface area contributed by atoms with Gasteiger partial charge in [0.1, 0.15) is 6.54 Å². The normalized spacial score (nSPS) is 16.3. The van der Waals surface area contributed by atoms with Gasteiger partial charge in [0, 0.05) is 67.1 Å². The third-order valence-electron chi connectivity index (χ3n) is 6.73. The van der Waals surface area contributed by atoms with Crippen molar-refractivity contribution in [1.29, 1.82) is 0 Å². The first-order chi connectivity index (χ1) is 16.5. The predicted octanol–water partition coefficient (Wildman–Crippen LogP) is 3.45. The standard InChI is InChI=1S/C26H27ClN4O3/c27-19-6-5-7-20(16-19)28-12-14-30(15-13-28)26(34)25(33)22-17-31(23-9-2-1-8-21(22)23)18-24(32)29-10-3-4-11-29/h1-2,5-9,16-17H,3-4,10-15,18H2. The SMILES string of the molecule is O=C(C(=O)N1CCN(c2cccc(Cl)c2)CC1)c1cn(CC(=O)N2CCCC2)c2ccccc12. The van der Waals surface area contributed by atoms with E-state index in [1.165, 1.54) is 0 Å². The molecule has 0 N–H and O–H groups in total. The number of hydrogen-bond acceptors (Lipinski definition) is 4. The van der Waals surface area contributed by atoms with Gasteiger partial charge in [-0.25, -0.2) is 0 Å². The summed E-state index contributed by atoms with van der Waals surface area (Å²) in [4.78, 5) is 44.8. The van der Waals surface area contributed by atoms with Gasteiger partial charge in [0.15, 0.2) is 0 Å². The van der Waals surface area contributed by atoms with Crippen molar-refractivity contribution in [3.8, 4) is 0 Å². The molecule has 0 radical (unpaired) electrons. The van der Waals surface area contributed by atoms with Crippen LogP contribution in [0.3, 0.4) is 0 Å². The number of likely N-dealkylation sites (tertiary alicyclic amines) is 1. The van der Waals surface area contributed by atoms with Gasteiger partial charge < -0.3 is 19.3 Å². The number of benzene rings is 2. The van der Waals surface area contributed by atoms with Crippen molar-refractivity contribution in [3.05, 3.63) is 65.3 Å². The number of carbonyl (C=O) groups is 3. The molecule has 34 heavy (non-hydrogen) atoms. The Kier molecular flexibility index (Phi) is 6.28. The van der Waals surface area contributed by atoms with Crippen LogP contribution in [-0.4, -0.2) is 71.2 Å². The van der Waals surface area contributed by atoms with E-state index in [9.17, 15) is 14.4 Å². The molecule has 2 aliphatic heterocycles. The van der Waals surface area contributed by atoms with Crippen molar-refractivity contribution in [2.24, 2.45) is 0 Å².